The molecule has 0 radical (unpaired) electrons. The van der Waals surface area contributed by atoms with E-state index >= 15 is 0 Å². The zero-order chi connectivity index (χ0) is 17.1. The van der Waals surface area contributed by atoms with Gasteiger partial charge in [0.1, 0.15) is 17.6 Å². The van der Waals surface area contributed by atoms with Gasteiger partial charge in [0.15, 0.2) is 0 Å². The number of halogens is 1. The molecule has 0 saturated carbocycles. The second kappa shape index (κ2) is 8.12. The molecule has 0 spiro atoms. The van der Waals surface area contributed by atoms with E-state index in [1.54, 1.807) is 12.1 Å². The predicted octanol–water partition coefficient (Wildman–Crippen LogP) is 3.59. The Morgan fingerprint density at radius 1 is 1.32 bits per heavy atom. The molecule has 5 nitrogen and oxygen atoms in total. The number of ether oxygens (including phenoxy) is 2. The molecule has 1 heterocycles. The molecule has 3 N–H and O–H groups in total. The Labute approximate surface area is 153 Å². The van der Waals surface area contributed by atoms with Gasteiger partial charge in [-0.05, 0) is 37.6 Å². The van der Waals surface area contributed by atoms with E-state index < -0.39 is 0 Å². The van der Waals surface area contributed by atoms with Gasteiger partial charge in [0.2, 0.25) is 5.91 Å². The van der Waals surface area contributed by atoms with Crippen molar-refractivity contribution in [2.75, 3.05) is 17.7 Å². The van der Waals surface area contributed by atoms with Gasteiger partial charge in [-0.2, -0.15) is 0 Å². The van der Waals surface area contributed by atoms with Crippen LogP contribution in [0.3, 0.4) is 0 Å². The third-order valence-electron chi connectivity index (χ3n) is 3.92. The summed E-state index contributed by atoms with van der Waals surface area (Å²) < 4.78 is 11.5. The molecule has 6 heteroatoms. The number of amides is 1. The number of nitrogens with one attached hydrogen (secondary N) is 1. The van der Waals surface area contributed by atoms with Crippen molar-refractivity contribution in [2.24, 2.45) is 0 Å². The number of fused-ring (bicyclic) bond motifs is 1. The van der Waals surface area contributed by atoms with E-state index in [1.165, 1.54) is 0 Å². The van der Waals surface area contributed by atoms with E-state index in [1.807, 2.05) is 38.1 Å². The lowest BCUT2D eigenvalue weighted by Crippen LogP contribution is -2.15. The van der Waals surface area contributed by atoms with Crippen LogP contribution in [-0.2, 0) is 17.6 Å². The summed E-state index contributed by atoms with van der Waals surface area (Å²) >= 11 is 0. The zero-order valence-electron chi connectivity index (χ0n) is 14.4. The van der Waals surface area contributed by atoms with Crippen molar-refractivity contribution in [1.29, 1.82) is 0 Å². The van der Waals surface area contributed by atoms with Gasteiger partial charge >= 0.3 is 0 Å². The first-order valence-corrected chi connectivity index (χ1v) is 8.15. The Balaban J connectivity index is 0.00000225. The molecule has 1 unspecified atom stereocenters. The second-order valence-corrected chi connectivity index (χ2v) is 5.99. The average molecular weight is 363 g/mol. The molecular weight excluding hydrogens is 340 g/mol. The molecule has 1 aliphatic rings. The van der Waals surface area contributed by atoms with E-state index in [9.17, 15) is 4.79 Å². The molecule has 0 aliphatic carbocycles. The Bertz CT molecular complexity index is 747. The second-order valence-electron chi connectivity index (χ2n) is 5.99. The number of rotatable bonds is 5. The van der Waals surface area contributed by atoms with Crippen LogP contribution >= 0.6 is 12.4 Å². The van der Waals surface area contributed by atoms with E-state index in [2.05, 4.69) is 5.32 Å². The van der Waals surface area contributed by atoms with E-state index in [0.717, 1.165) is 23.3 Å². The molecule has 1 aliphatic heterocycles. The molecule has 3 rings (SSSR count). The van der Waals surface area contributed by atoms with Crippen molar-refractivity contribution < 1.29 is 14.3 Å². The Hall–Kier alpha value is -2.40. The minimum absolute atomic E-state index is 0. The van der Waals surface area contributed by atoms with Crippen LogP contribution in [0.5, 0.6) is 11.5 Å². The quantitative estimate of drug-likeness (QED) is 0.797. The van der Waals surface area contributed by atoms with Crippen LogP contribution in [0.4, 0.5) is 11.4 Å². The first kappa shape index (κ1) is 18.9. The van der Waals surface area contributed by atoms with Crippen molar-refractivity contribution in [3.63, 3.8) is 0 Å². The summed E-state index contributed by atoms with van der Waals surface area (Å²) in [5, 5.41) is 2.93. The smallest absolute Gasteiger partial charge is 0.228 e. The molecule has 1 atom stereocenters. The van der Waals surface area contributed by atoms with Gasteiger partial charge in [0.05, 0.1) is 18.7 Å². The van der Waals surface area contributed by atoms with Gasteiger partial charge < -0.3 is 20.5 Å². The Morgan fingerprint density at radius 3 is 2.72 bits per heavy atom. The first-order chi connectivity index (χ1) is 11.5. The molecule has 2 aromatic carbocycles. The molecule has 2 aromatic rings. The summed E-state index contributed by atoms with van der Waals surface area (Å²) in [6, 6.07) is 11.1. The van der Waals surface area contributed by atoms with E-state index in [0.29, 0.717) is 23.7 Å². The van der Waals surface area contributed by atoms with Crippen LogP contribution in [0.1, 0.15) is 25.0 Å². The maximum Gasteiger partial charge on any atom is 0.228 e. The van der Waals surface area contributed by atoms with Gasteiger partial charge in [-0.1, -0.05) is 12.1 Å². The van der Waals surface area contributed by atoms with Gasteiger partial charge in [0.25, 0.3) is 0 Å². The van der Waals surface area contributed by atoms with Crippen molar-refractivity contribution in [3.05, 3.63) is 47.5 Å². The number of anilines is 2. The van der Waals surface area contributed by atoms with Crippen molar-refractivity contribution in [1.82, 2.24) is 0 Å². The lowest BCUT2D eigenvalue weighted by Gasteiger charge is -2.13. The Kier molecular flexibility index (Phi) is 6.15. The van der Waals surface area contributed by atoms with Crippen molar-refractivity contribution in [2.45, 2.75) is 32.8 Å². The van der Waals surface area contributed by atoms with Gasteiger partial charge in [-0.15, -0.1) is 12.4 Å². The predicted molar refractivity (Wildman–Crippen MR) is 102 cm³/mol. The fourth-order valence-corrected chi connectivity index (χ4v) is 2.83. The highest BCUT2D eigenvalue weighted by atomic mass is 35.5. The van der Waals surface area contributed by atoms with Crippen LogP contribution in [0.15, 0.2) is 36.4 Å². The number of carbonyl (C=O) groups is 1. The summed E-state index contributed by atoms with van der Waals surface area (Å²) in [5.74, 6) is 1.39. The number of nitrogens with two attached hydrogens (primary N) is 1. The van der Waals surface area contributed by atoms with Gasteiger partial charge in [-0.25, -0.2) is 0 Å². The number of hydrogen-bond acceptors (Lipinski definition) is 4. The van der Waals surface area contributed by atoms with Gasteiger partial charge in [0, 0.05) is 23.7 Å². The van der Waals surface area contributed by atoms with E-state index in [-0.39, 0.29) is 30.8 Å². The summed E-state index contributed by atoms with van der Waals surface area (Å²) in [6.45, 7) is 4.49. The minimum Gasteiger partial charge on any atom is -0.492 e. The zero-order valence-corrected chi connectivity index (χ0v) is 15.2. The molecule has 25 heavy (non-hydrogen) atoms. The minimum atomic E-state index is -0.105. The van der Waals surface area contributed by atoms with Crippen LogP contribution in [0.25, 0.3) is 0 Å². The number of hydrogen-bond donors (Lipinski definition) is 2. The largest absolute Gasteiger partial charge is 0.492 e. The third-order valence-corrected chi connectivity index (χ3v) is 3.92. The lowest BCUT2D eigenvalue weighted by molar-refractivity contribution is -0.115. The lowest BCUT2D eigenvalue weighted by atomic mass is 10.1. The van der Waals surface area contributed by atoms with Crippen LogP contribution in [-0.4, -0.2) is 18.6 Å². The van der Waals surface area contributed by atoms with Gasteiger partial charge in [-0.3, -0.25) is 4.79 Å². The van der Waals surface area contributed by atoms with Crippen LogP contribution < -0.4 is 20.5 Å². The molecule has 0 aromatic heterocycles. The number of nitrogen functional groups attached to an aromatic ring is 1. The van der Waals surface area contributed by atoms with E-state index in [4.69, 9.17) is 15.2 Å². The SMILES string of the molecule is CCOc1cc2c(cc1NC(=O)Cc1ccc(N)cc1)OC(C)C2.Cl. The number of carbonyl (C=O) groups excluding carboxylic acids is 1. The summed E-state index contributed by atoms with van der Waals surface area (Å²) in [6.07, 6.45) is 1.28. The number of benzene rings is 2. The summed E-state index contributed by atoms with van der Waals surface area (Å²) in [4.78, 5) is 12.3. The molecule has 0 bridgehead atoms. The normalized spacial score (nSPS) is 14.9. The Morgan fingerprint density at radius 2 is 2.04 bits per heavy atom. The van der Waals surface area contributed by atoms with Crippen molar-refractivity contribution >= 4 is 29.7 Å². The van der Waals surface area contributed by atoms with Crippen LogP contribution in [0, 0.1) is 0 Å². The summed E-state index contributed by atoms with van der Waals surface area (Å²) in [7, 11) is 0. The molecule has 1 amide bonds. The third kappa shape index (κ3) is 4.57. The molecule has 134 valence electrons. The fraction of sp³-hybridized carbons (Fsp3) is 0.316. The molecular formula is C19H23ClN2O3. The first-order valence-electron chi connectivity index (χ1n) is 8.15. The van der Waals surface area contributed by atoms with Crippen molar-refractivity contribution in [3.8, 4) is 11.5 Å². The average Bonchev–Trinajstić information content (AvgIpc) is 2.89. The maximum absolute atomic E-state index is 12.3. The highest BCUT2D eigenvalue weighted by Crippen LogP contribution is 2.38. The maximum atomic E-state index is 12.3. The monoisotopic (exact) mass is 362 g/mol. The molecule has 0 fully saturated rings. The fourth-order valence-electron chi connectivity index (χ4n) is 2.83. The highest BCUT2D eigenvalue weighted by Gasteiger charge is 2.22. The molecule has 0 saturated heterocycles. The van der Waals surface area contributed by atoms with Crippen LogP contribution in [0.2, 0.25) is 0 Å². The summed E-state index contributed by atoms with van der Waals surface area (Å²) in [5.41, 5.74) is 9.01. The topological polar surface area (TPSA) is 73.6 Å². The highest BCUT2D eigenvalue weighted by molar-refractivity contribution is 5.94. The standard InChI is InChI=1S/C19H22N2O3.ClH/c1-3-23-18-10-14-8-12(2)24-17(14)11-16(18)21-19(22)9-13-4-6-15(20)7-5-13;/h4-7,10-12H,3,8-9,20H2,1-2H3,(H,21,22);1H.